The number of ether oxygens (including phenoxy) is 1. The van der Waals surface area contributed by atoms with Gasteiger partial charge in [-0.25, -0.2) is 4.98 Å². The summed E-state index contributed by atoms with van der Waals surface area (Å²) < 4.78 is 6.06. The van der Waals surface area contributed by atoms with E-state index >= 15 is 0 Å². The molecule has 0 spiro atoms. The largest absolute Gasteiger partial charge is 0.491 e. The summed E-state index contributed by atoms with van der Waals surface area (Å²) >= 11 is 0.917. The van der Waals surface area contributed by atoms with E-state index in [9.17, 15) is 9.59 Å². The number of thioether (sulfide) groups is 1. The van der Waals surface area contributed by atoms with Crippen molar-refractivity contribution in [1.29, 1.82) is 0 Å². The van der Waals surface area contributed by atoms with Crippen LogP contribution in [0.2, 0.25) is 0 Å². The van der Waals surface area contributed by atoms with Crippen LogP contribution in [0.3, 0.4) is 0 Å². The van der Waals surface area contributed by atoms with Gasteiger partial charge in [-0.2, -0.15) is 0 Å². The van der Waals surface area contributed by atoms with Gasteiger partial charge in [-0.15, -0.1) is 0 Å². The van der Waals surface area contributed by atoms with Crippen LogP contribution in [0.15, 0.2) is 65.6 Å². The fraction of sp³-hybridized carbons (Fsp3) is 0.208. The number of nitrogens with zero attached hydrogens (tertiary/aromatic N) is 2. The summed E-state index contributed by atoms with van der Waals surface area (Å²) in [7, 11) is 0. The lowest BCUT2D eigenvalue weighted by atomic mass is 10.2. The molecule has 0 aliphatic carbocycles. The molecule has 156 valence electrons. The average Bonchev–Trinajstić information content (AvgIpc) is 3.38. The number of amides is 2. The number of hydrogen-bond donors (Lipinski definition) is 1. The lowest BCUT2D eigenvalue weighted by Gasteiger charge is -2.26. The number of para-hydroxylation sites is 1. The highest BCUT2D eigenvalue weighted by molar-refractivity contribution is 8.18. The van der Waals surface area contributed by atoms with E-state index in [-0.39, 0.29) is 17.2 Å². The molecule has 1 aromatic heterocycles. The van der Waals surface area contributed by atoms with Gasteiger partial charge < -0.3 is 9.64 Å². The zero-order valence-corrected chi connectivity index (χ0v) is 17.6. The molecule has 2 amide bonds. The number of fused-ring (bicyclic) bond motifs is 1. The number of pyridine rings is 1. The first kappa shape index (κ1) is 19.6. The highest BCUT2D eigenvalue weighted by atomic mass is 32.2. The molecule has 5 rings (SSSR count). The van der Waals surface area contributed by atoms with Crippen molar-refractivity contribution in [3.63, 3.8) is 0 Å². The normalized spacial score (nSPS) is 19.9. The first-order chi connectivity index (χ1) is 15.2. The number of imide groups is 1. The fourth-order valence-corrected chi connectivity index (χ4v) is 4.63. The maximum absolute atomic E-state index is 11.7. The Morgan fingerprint density at radius 1 is 1.10 bits per heavy atom. The Morgan fingerprint density at radius 3 is 2.74 bits per heavy atom. The van der Waals surface area contributed by atoms with Crippen LogP contribution in [0.4, 0.5) is 10.6 Å². The second-order valence-corrected chi connectivity index (χ2v) is 8.60. The molecule has 7 heteroatoms. The molecule has 2 aromatic carbocycles. The van der Waals surface area contributed by atoms with Gasteiger partial charge in [0.2, 0.25) is 0 Å². The van der Waals surface area contributed by atoms with Gasteiger partial charge in [0.25, 0.3) is 11.1 Å². The molecule has 0 bridgehead atoms. The minimum atomic E-state index is -0.348. The zero-order chi connectivity index (χ0) is 21.2. The number of anilines is 1. The van der Waals surface area contributed by atoms with Crippen molar-refractivity contribution in [2.75, 3.05) is 18.1 Å². The summed E-state index contributed by atoms with van der Waals surface area (Å²) in [5.41, 5.74) is 1.86. The van der Waals surface area contributed by atoms with Gasteiger partial charge >= 0.3 is 0 Å². The highest BCUT2D eigenvalue weighted by Crippen LogP contribution is 2.28. The van der Waals surface area contributed by atoms with E-state index in [0.717, 1.165) is 59.2 Å². The first-order valence-corrected chi connectivity index (χ1v) is 11.1. The first-order valence-electron chi connectivity index (χ1n) is 10.3. The van der Waals surface area contributed by atoms with Crippen LogP contribution < -0.4 is 15.0 Å². The van der Waals surface area contributed by atoms with Crippen molar-refractivity contribution in [1.82, 2.24) is 10.3 Å². The molecular weight excluding hydrogens is 410 g/mol. The summed E-state index contributed by atoms with van der Waals surface area (Å²) in [6.07, 6.45) is 3.89. The average molecular weight is 432 g/mol. The molecule has 2 saturated heterocycles. The molecule has 3 aromatic rings. The van der Waals surface area contributed by atoms with Crippen LogP contribution in [0.5, 0.6) is 5.75 Å². The Labute approximate surface area is 184 Å². The molecule has 1 N–H and O–H groups in total. The van der Waals surface area contributed by atoms with Gasteiger partial charge in [-0.3, -0.25) is 14.9 Å². The van der Waals surface area contributed by atoms with Gasteiger partial charge in [-0.1, -0.05) is 30.3 Å². The van der Waals surface area contributed by atoms with Gasteiger partial charge in [0.05, 0.1) is 16.5 Å². The molecule has 31 heavy (non-hydrogen) atoms. The van der Waals surface area contributed by atoms with E-state index in [1.165, 1.54) is 0 Å². The van der Waals surface area contributed by atoms with E-state index in [1.807, 2.05) is 42.5 Å². The molecular formula is C24H21N3O3S. The Balaban J connectivity index is 1.24. The lowest BCUT2D eigenvalue weighted by molar-refractivity contribution is -0.115. The van der Waals surface area contributed by atoms with Crippen molar-refractivity contribution in [2.24, 2.45) is 0 Å². The molecule has 0 radical (unpaired) electrons. The van der Waals surface area contributed by atoms with E-state index < -0.39 is 0 Å². The second kappa shape index (κ2) is 8.43. The van der Waals surface area contributed by atoms with E-state index in [4.69, 9.17) is 9.72 Å². The Bertz CT molecular complexity index is 1180. The molecule has 2 aliphatic rings. The van der Waals surface area contributed by atoms with Crippen molar-refractivity contribution < 1.29 is 14.3 Å². The smallest absolute Gasteiger partial charge is 0.290 e. The Kier molecular flexibility index (Phi) is 5.34. The van der Waals surface area contributed by atoms with Gasteiger partial charge in [0, 0.05) is 11.9 Å². The molecule has 3 heterocycles. The fourth-order valence-electron chi connectivity index (χ4n) is 3.95. The third-order valence-corrected chi connectivity index (χ3v) is 6.33. The van der Waals surface area contributed by atoms with Crippen LogP contribution in [0.25, 0.3) is 17.0 Å². The quantitative estimate of drug-likeness (QED) is 0.595. The number of aromatic nitrogens is 1. The number of hydrogen-bond acceptors (Lipinski definition) is 6. The molecule has 6 nitrogen and oxygen atoms in total. The number of benzene rings is 2. The molecule has 2 aliphatic heterocycles. The number of carbonyl (C=O) groups is 2. The van der Waals surface area contributed by atoms with Gasteiger partial charge in [-0.05, 0) is 66.6 Å². The predicted molar refractivity (Wildman–Crippen MR) is 123 cm³/mol. The molecule has 1 atom stereocenters. The summed E-state index contributed by atoms with van der Waals surface area (Å²) in [5.74, 6) is 1.42. The van der Waals surface area contributed by atoms with Crippen molar-refractivity contribution in [2.45, 2.75) is 18.9 Å². The van der Waals surface area contributed by atoms with Crippen LogP contribution in [-0.4, -0.2) is 35.3 Å². The molecule has 2 fully saturated rings. The maximum atomic E-state index is 11.7. The minimum absolute atomic E-state index is 0.278. The monoisotopic (exact) mass is 431 g/mol. The Hall–Kier alpha value is -3.32. The third-order valence-electron chi connectivity index (χ3n) is 5.52. The van der Waals surface area contributed by atoms with E-state index in [0.29, 0.717) is 11.5 Å². The zero-order valence-electron chi connectivity index (χ0n) is 16.8. The number of nitrogens with one attached hydrogen (secondary N) is 1. The van der Waals surface area contributed by atoms with E-state index in [1.54, 1.807) is 6.08 Å². The summed E-state index contributed by atoms with van der Waals surface area (Å²) in [6, 6.07) is 20.2. The van der Waals surface area contributed by atoms with Crippen LogP contribution in [0.1, 0.15) is 18.4 Å². The minimum Gasteiger partial charge on any atom is -0.491 e. The van der Waals surface area contributed by atoms with Crippen molar-refractivity contribution in [3.8, 4) is 5.75 Å². The number of rotatable bonds is 5. The topological polar surface area (TPSA) is 71.5 Å². The lowest BCUT2D eigenvalue weighted by Crippen LogP contribution is -2.34. The van der Waals surface area contributed by atoms with Gasteiger partial charge in [0.1, 0.15) is 18.2 Å². The molecule has 0 saturated carbocycles. The van der Waals surface area contributed by atoms with Gasteiger partial charge in [0.15, 0.2) is 0 Å². The summed E-state index contributed by atoms with van der Waals surface area (Å²) in [5, 5.41) is 3.07. The van der Waals surface area contributed by atoms with Crippen molar-refractivity contribution >= 4 is 45.7 Å². The van der Waals surface area contributed by atoms with Crippen molar-refractivity contribution in [3.05, 3.63) is 71.1 Å². The second-order valence-electron chi connectivity index (χ2n) is 7.58. The summed E-state index contributed by atoms with van der Waals surface area (Å²) in [4.78, 5) is 30.5. The van der Waals surface area contributed by atoms with Crippen LogP contribution in [-0.2, 0) is 4.79 Å². The third kappa shape index (κ3) is 4.27. The maximum Gasteiger partial charge on any atom is 0.290 e. The van der Waals surface area contributed by atoms with Crippen LogP contribution >= 0.6 is 11.8 Å². The number of carbonyl (C=O) groups excluding carboxylic acids is 2. The predicted octanol–water partition coefficient (Wildman–Crippen LogP) is 4.61. The standard InChI is InChI=1S/C24H21N3O3S/c28-23-21(31-24(29)26-23)14-16-7-10-19(11-8-16)30-15-18-5-3-13-27(18)22-12-9-17-4-1-2-6-20(17)25-22/h1-2,4,6-12,14,18H,3,5,13,15H2,(H,26,28,29)/b21-14-/t18-/m0/s1. The summed E-state index contributed by atoms with van der Waals surface area (Å²) in [6.45, 7) is 1.56. The Morgan fingerprint density at radius 2 is 1.94 bits per heavy atom. The van der Waals surface area contributed by atoms with E-state index in [2.05, 4.69) is 28.4 Å². The highest BCUT2D eigenvalue weighted by Gasteiger charge is 2.27. The van der Waals surface area contributed by atoms with Crippen LogP contribution in [0, 0.1) is 0 Å². The molecule has 0 unspecified atom stereocenters. The SMILES string of the molecule is O=C1NC(=O)/C(=C/c2ccc(OC[C@@H]3CCCN3c3ccc4ccccc4n3)cc2)S1.